The predicted molar refractivity (Wildman–Crippen MR) is 203 cm³/mol. The molecule has 3 aliphatic rings. The third kappa shape index (κ3) is 7.49. The van der Waals surface area contributed by atoms with Gasteiger partial charge in [0.05, 0.1) is 19.8 Å². The molecule has 0 atom stereocenters. The predicted octanol–water partition coefficient (Wildman–Crippen LogP) is 7.25. The van der Waals surface area contributed by atoms with Crippen molar-refractivity contribution in [2.24, 2.45) is 12.5 Å². The van der Waals surface area contributed by atoms with Crippen molar-refractivity contribution in [1.82, 2.24) is 14.5 Å². The first-order valence-corrected chi connectivity index (χ1v) is 17.6. The lowest BCUT2D eigenvalue weighted by molar-refractivity contribution is 0.0128. The lowest BCUT2D eigenvalue weighted by atomic mass is 9.62. The minimum Gasteiger partial charge on any atom is -0.497 e. The number of amides is 1. The van der Waals surface area contributed by atoms with Gasteiger partial charge in [-0.05, 0) is 48.7 Å². The van der Waals surface area contributed by atoms with E-state index in [1.807, 2.05) is 85.6 Å². The molecule has 3 fully saturated rings. The van der Waals surface area contributed by atoms with Crippen LogP contribution in [-0.2, 0) is 24.9 Å². The molecule has 1 amide bonds. The van der Waals surface area contributed by atoms with Crippen LogP contribution in [0.5, 0.6) is 17.2 Å². The summed E-state index contributed by atoms with van der Waals surface area (Å²) in [5, 5.41) is 9.23. The Hall–Kier alpha value is -5.71. The lowest BCUT2D eigenvalue weighted by Gasteiger charge is -2.47. The number of carbonyl (C=O) groups is 1. The number of hydrogen-bond donors (Lipinski definition) is 2. The molecule has 3 aromatic carbocycles. The van der Waals surface area contributed by atoms with E-state index in [2.05, 4.69) is 27.8 Å². The van der Waals surface area contributed by atoms with E-state index in [-0.39, 0.29) is 30.3 Å². The summed E-state index contributed by atoms with van der Waals surface area (Å²) in [7, 11) is 4.98. The minimum atomic E-state index is -0.529. The van der Waals surface area contributed by atoms with Crippen LogP contribution in [0.25, 0.3) is 10.8 Å². The van der Waals surface area contributed by atoms with Crippen molar-refractivity contribution in [3.05, 3.63) is 119 Å². The molecule has 0 spiro atoms. The molecule has 272 valence electrons. The average Bonchev–Trinajstić information content (AvgIpc) is 3.68. The molecule has 8 rings (SSSR count). The van der Waals surface area contributed by atoms with E-state index < -0.39 is 5.54 Å². The lowest BCUT2D eigenvalue weighted by Crippen LogP contribution is -2.56. The van der Waals surface area contributed by atoms with Crippen molar-refractivity contribution in [1.29, 1.82) is 0 Å². The van der Waals surface area contributed by atoms with Crippen LogP contribution in [0.15, 0.2) is 102 Å². The maximum absolute atomic E-state index is 13.6. The number of nitrogens with zero attached hydrogens (tertiary/aromatic N) is 3. The Kier molecular flexibility index (Phi) is 10.9. The number of ether oxygens (including phenoxy) is 4. The fourth-order valence-electron chi connectivity index (χ4n) is 7.37. The van der Waals surface area contributed by atoms with Crippen molar-refractivity contribution < 1.29 is 23.7 Å². The molecule has 0 radical (unpaired) electrons. The summed E-state index contributed by atoms with van der Waals surface area (Å²) >= 11 is 0. The zero-order valence-corrected chi connectivity index (χ0v) is 30.5. The summed E-state index contributed by atoms with van der Waals surface area (Å²) < 4.78 is 24.4. The van der Waals surface area contributed by atoms with E-state index in [9.17, 15) is 9.59 Å². The molecule has 11 nitrogen and oxygen atoms in total. The molecule has 52 heavy (non-hydrogen) atoms. The van der Waals surface area contributed by atoms with Gasteiger partial charge in [-0.1, -0.05) is 56.3 Å². The van der Waals surface area contributed by atoms with Crippen molar-refractivity contribution in [3.63, 3.8) is 0 Å². The van der Waals surface area contributed by atoms with Gasteiger partial charge in [0.1, 0.15) is 36.3 Å². The molecule has 2 N–H and O–H groups in total. The van der Waals surface area contributed by atoms with Gasteiger partial charge in [-0.25, -0.2) is 9.78 Å². The normalized spacial score (nSPS) is 18.4. The molecule has 11 heteroatoms. The highest BCUT2D eigenvalue weighted by atomic mass is 16.6. The second-order valence-electron chi connectivity index (χ2n) is 13.2. The van der Waals surface area contributed by atoms with Crippen molar-refractivity contribution in [2.75, 3.05) is 44.5 Å². The van der Waals surface area contributed by atoms with E-state index in [4.69, 9.17) is 18.9 Å². The monoisotopic (exact) mass is 705 g/mol. The van der Waals surface area contributed by atoms with Gasteiger partial charge in [0.2, 0.25) is 0 Å². The van der Waals surface area contributed by atoms with E-state index in [1.54, 1.807) is 33.5 Å². The summed E-state index contributed by atoms with van der Waals surface area (Å²) in [6, 6.07) is 26.8. The van der Waals surface area contributed by atoms with Gasteiger partial charge >= 0.3 is 6.09 Å². The molecule has 0 unspecified atom stereocenters. The van der Waals surface area contributed by atoms with Crippen molar-refractivity contribution >= 4 is 28.4 Å². The molecule has 1 saturated carbocycles. The molecular formula is C41H47N5O6. The number of nitrogens with one attached hydrogen (secondary N) is 2. The summed E-state index contributed by atoms with van der Waals surface area (Å²) in [6.07, 6.45) is 4.63. The fraction of sp³-hybridized carbons (Fsp3) is 0.341. The number of anilines is 2. The van der Waals surface area contributed by atoms with Crippen LogP contribution >= 0.6 is 0 Å². The zero-order valence-electron chi connectivity index (χ0n) is 30.5. The maximum Gasteiger partial charge on any atom is 0.410 e. The minimum absolute atomic E-state index is 0.151. The smallest absolute Gasteiger partial charge is 0.410 e. The van der Waals surface area contributed by atoms with Crippen LogP contribution < -0.4 is 30.4 Å². The first-order chi connectivity index (χ1) is 25.3. The topological polar surface area (TPSA) is 116 Å². The highest BCUT2D eigenvalue weighted by molar-refractivity contribution is 6.00. The number of aryl methyl sites for hydroxylation is 1. The Morgan fingerprint density at radius 1 is 0.885 bits per heavy atom. The van der Waals surface area contributed by atoms with E-state index in [1.165, 1.54) is 10.6 Å². The number of hydrogen-bond acceptors (Lipinski definition) is 9. The van der Waals surface area contributed by atoms with Gasteiger partial charge in [0.15, 0.2) is 0 Å². The van der Waals surface area contributed by atoms with Crippen LogP contribution in [0.1, 0.15) is 37.8 Å². The van der Waals surface area contributed by atoms with Crippen molar-refractivity contribution in [2.45, 2.75) is 45.4 Å². The molecule has 4 heterocycles. The second-order valence-corrected chi connectivity index (χ2v) is 13.2. The largest absolute Gasteiger partial charge is 0.497 e. The van der Waals surface area contributed by atoms with Gasteiger partial charge < -0.3 is 34.1 Å². The Balaban J connectivity index is 0.00000228. The molecule has 2 saturated heterocycles. The first kappa shape index (κ1) is 36.1. The highest BCUT2D eigenvalue weighted by Crippen LogP contribution is 2.59. The fourth-order valence-corrected chi connectivity index (χ4v) is 7.37. The zero-order chi connectivity index (χ0) is 36.7. The van der Waals surface area contributed by atoms with E-state index >= 15 is 0 Å². The summed E-state index contributed by atoms with van der Waals surface area (Å²) in [5.74, 6) is 2.73. The third-order valence-corrected chi connectivity index (χ3v) is 9.88. The van der Waals surface area contributed by atoms with Crippen molar-refractivity contribution in [3.8, 4) is 17.2 Å². The Morgan fingerprint density at radius 2 is 1.69 bits per heavy atom. The van der Waals surface area contributed by atoms with E-state index in [0.29, 0.717) is 25.4 Å². The van der Waals surface area contributed by atoms with Crippen LogP contribution in [0.4, 0.5) is 16.3 Å². The Labute approximate surface area is 304 Å². The SMILES string of the molecule is CC.COc1ccc(CNc2nccc3c(NCC45CN(C(=O)OCc6ccccc6)C(COc6ccn(C)c(=O)c6)(C4)C5)cccc23)c(OC)c1. The first-order valence-electron chi connectivity index (χ1n) is 17.6. The summed E-state index contributed by atoms with van der Waals surface area (Å²) in [4.78, 5) is 32.3. The van der Waals surface area contributed by atoms with Gasteiger partial charge in [-0.15, -0.1) is 0 Å². The Bertz CT molecular complexity index is 2060. The third-order valence-electron chi connectivity index (χ3n) is 9.88. The van der Waals surface area contributed by atoms with E-state index in [0.717, 1.165) is 57.7 Å². The number of fused-ring (bicyclic) bond motifs is 2. The average molecular weight is 706 g/mol. The highest BCUT2D eigenvalue weighted by Gasteiger charge is 2.67. The standard InChI is InChI=1S/C39H41N5O6.C2H6/c1-43-17-15-30(19-35(43)45)50-26-39-22-38(23-39,25-44(39)37(46)49-21-27-8-5-4-6-9-27)24-42-33-11-7-10-32-31(33)14-16-40-36(32)41-20-28-12-13-29(47-2)18-34(28)48-3;1-2/h4-19,42H,20-26H2,1-3H3,(H,40,41);1-2H3. The van der Waals surface area contributed by atoms with Crippen LogP contribution in [-0.4, -0.2) is 60.0 Å². The van der Waals surface area contributed by atoms with Crippen LogP contribution in [0.2, 0.25) is 0 Å². The number of rotatable bonds is 13. The van der Waals surface area contributed by atoms with Gasteiger partial charge in [-0.2, -0.15) is 0 Å². The summed E-state index contributed by atoms with van der Waals surface area (Å²) in [6.45, 7) is 6.19. The number of aromatic nitrogens is 2. The second kappa shape index (κ2) is 15.7. The van der Waals surface area contributed by atoms with Gasteiger partial charge in [-0.3, -0.25) is 9.69 Å². The molecular weight excluding hydrogens is 658 g/mol. The molecule has 2 aliphatic heterocycles. The van der Waals surface area contributed by atoms with Crippen LogP contribution in [0.3, 0.4) is 0 Å². The Morgan fingerprint density at radius 3 is 2.44 bits per heavy atom. The molecule has 1 aliphatic carbocycles. The number of benzene rings is 3. The number of carbonyl (C=O) groups excluding carboxylic acids is 1. The molecule has 2 bridgehead atoms. The number of pyridine rings is 2. The number of methoxy groups -OCH3 is 2. The quantitative estimate of drug-likeness (QED) is 0.131. The molecule has 5 aromatic rings. The summed E-state index contributed by atoms with van der Waals surface area (Å²) in [5.41, 5.74) is 2.06. The van der Waals surface area contributed by atoms with Crippen LogP contribution in [0, 0.1) is 5.41 Å². The van der Waals surface area contributed by atoms with Gasteiger partial charge in [0, 0.05) is 78.6 Å². The maximum atomic E-state index is 13.6. The van der Waals surface area contributed by atoms with Gasteiger partial charge in [0.25, 0.3) is 5.56 Å². The molecule has 2 aromatic heterocycles.